The van der Waals surface area contributed by atoms with Crippen LogP contribution >= 0.6 is 0 Å². The fraction of sp³-hybridized carbons (Fsp3) is 0.250. The van der Waals surface area contributed by atoms with E-state index in [9.17, 15) is 10.0 Å². The van der Waals surface area contributed by atoms with Gasteiger partial charge in [-0.3, -0.25) is 0 Å². The summed E-state index contributed by atoms with van der Waals surface area (Å²) in [5, 5.41) is 15.6. The number of unbranched alkanes of at least 4 members (excludes halogenated alkanes) is 4. The van der Waals surface area contributed by atoms with E-state index < -0.39 is 0 Å². The van der Waals surface area contributed by atoms with Crippen molar-refractivity contribution < 1.29 is 9.64 Å². The highest BCUT2D eigenvalue weighted by atomic mass is 16.5. The first-order valence-electron chi connectivity index (χ1n) is 11.6. The average molecular weight is 440 g/mol. The molecule has 5 nitrogen and oxygen atoms in total. The van der Waals surface area contributed by atoms with Gasteiger partial charge in [0.2, 0.25) is 11.0 Å². The highest BCUT2D eigenvalue weighted by Crippen LogP contribution is 2.22. The highest BCUT2D eigenvalue weighted by Gasteiger charge is 2.18. The number of carbonyl (C=O) groups is 1. The van der Waals surface area contributed by atoms with E-state index >= 15 is 0 Å². The molecular weight excluding hydrogens is 410 g/mol. The largest absolute Gasteiger partial charge is 0.691 e. The lowest BCUT2D eigenvalue weighted by Gasteiger charge is -2.05. The van der Waals surface area contributed by atoms with Gasteiger partial charge in [0.15, 0.2) is 0 Å². The molecule has 0 amide bonds. The van der Waals surface area contributed by atoms with Gasteiger partial charge in [-0.2, -0.15) is 0 Å². The lowest BCUT2D eigenvalue weighted by Crippen LogP contribution is -2.30. The average Bonchev–Trinajstić information content (AvgIpc) is 3.20. The number of aromatic nitrogens is 3. The quantitative estimate of drug-likeness (QED) is 0.135. The summed E-state index contributed by atoms with van der Waals surface area (Å²) >= 11 is 0. The summed E-state index contributed by atoms with van der Waals surface area (Å²) in [5.74, 6) is -0.366. The van der Waals surface area contributed by atoms with Gasteiger partial charge in [-0.15, -0.1) is 4.85 Å². The topological polar surface area (TPSA) is 61.8 Å². The van der Waals surface area contributed by atoms with Crippen LogP contribution in [0.1, 0.15) is 54.9 Å². The third-order valence-electron chi connectivity index (χ3n) is 5.88. The molecule has 0 radical (unpaired) electrons. The van der Waals surface area contributed by atoms with Crippen LogP contribution in [0.15, 0.2) is 78.9 Å². The van der Waals surface area contributed by atoms with Gasteiger partial charge >= 0.3 is 5.91 Å². The van der Waals surface area contributed by atoms with Gasteiger partial charge in [-0.05, 0) is 53.3 Å². The van der Waals surface area contributed by atoms with E-state index in [1.807, 2.05) is 12.1 Å². The molecule has 33 heavy (non-hydrogen) atoms. The molecule has 1 aromatic heterocycles. The van der Waals surface area contributed by atoms with Crippen LogP contribution in [0.4, 0.5) is 0 Å². The molecule has 4 aromatic rings. The van der Waals surface area contributed by atoms with Gasteiger partial charge in [-0.25, -0.2) is 4.79 Å². The van der Waals surface area contributed by atoms with Crippen LogP contribution in [0, 0.1) is 5.21 Å². The zero-order valence-electron chi connectivity index (χ0n) is 19.0. The van der Waals surface area contributed by atoms with Gasteiger partial charge in [0.25, 0.3) is 0 Å². The number of fused-ring (bicyclic) bond motifs is 1. The van der Waals surface area contributed by atoms with Crippen LogP contribution in [-0.2, 0) is 6.42 Å². The zero-order valence-corrected chi connectivity index (χ0v) is 19.0. The summed E-state index contributed by atoms with van der Waals surface area (Å²) in [6.07, 6.45) is 10.8. The molecule has 0 fully saturated rings. The van der Waals surface area contributed by atoms with Crippen molar-refractivity contribution in [1.29, 1.82) is 0 Å². The first-order valence-corrected chi connectivity index (χ1v) is 11.6. The Morgan fingerprint density at radius 1 is 0.909 bits per heavy atom. The smallest absolute Gasteiger partial charge is 0.359 e. The summed E-state index contributed by atoms with van der Waals surface area (Å²) in [5.41, 5.74) is 5.46. The standard InChI is InChI=1S/C28H29N3O2/c1-2-3-4-5-6-9-22-12-17-24(18-13-22)25-19-14-23(15-20-25)16-21-28(32)30-26-10-7-8-11-27(26)31(33)29-30/h7-8,10-21H,2-6,9H2,1H3. The second-order valence-corrected chi connectivity index (χ2v) is 8.32. The minimum Gasteiger partial charge on any atom is -0.691 e. The molecule has 0 saturated heterocycles. The fourth-order valence-electron chi connectivity index (χ4n) is 3.97. The summed E-state index contributed by atoms with van der Waals surface area (Å²) in [6, 6.07) is 23.7. The molecule has 0 atom stereocenters. The van der Waals surface area contributed by atoms with Crippen molar-refractivity contribution in [3.8, 4) is 11.1 Å². The van der Waals surface area contributed by atoms with Crippen molar-refractivity contribution in [1.82, 2.24) is 9.90 Å². The summed E-state index contributed by atoms with van der Waals surface area (Å²) < 4.78 is 1.12. The van der Waals surface area contributed by atoms with Crippen LogP contribution < -0.4 is 4.85 Å². The van der Waals surface area contributed by atoms with Gasteiger partial charge in [0.1, 0.15) is 5.21 Å². The number of benzene rings is 3. The lowest BCUT2D eigenvalue weighted by molar-refractivity contribution is -0.645. The molecule has 0 spiro atoms. The number of nitrogens with zero attached hydrogens (tertiary/aromatic N) is 3. The third kappa shape index (κ3) is 5.55. The van der Waals surface area contributed by atoms with Crippen molar-refractivity contribution in [2.45, 2.75) is 45.4 Å². The molecule has 4 rings (SSSR count). The molecule has 0 bridgehead atoms. The second kappa shape index (κ2) is 10.7. The predicted octanol–water partition coefficient (Wildman–Crippen LogP) is 6.20. The van der Waals surface area contributed by atoms with E-state index in [4.69, 9.17) is 0 Å². The van der Waals surface area contributed by atoms with E-state index in [0.717, 1.165) is 22.2 Å². The normalized spacial score (nSPS) is 11.4. The van der Waals surface area contributed by atoms with Crippen molar-refractivity contribution in [3.05, 3.63) is 95.2 Å². The highest BCUT2D eigenvalue weighted by molar-refractivity contribution is 5.97. The molecule has 0 unspecified atom stereocenters. The Morgan fingerprint density at radius 2 is 1.58 bits per heavy atom. The van der Waals surface area contributed by atoms with Gasteiger partial charge in [-0.1, -0.05) is 98.0 Å². The zero-order chi connectivity index (χ0) is 23.0. The van der Waals surface area contributed by atoms with Gasteiger partial charge < -0.3 is 5.21 Å². The van der Waals surface area contributed by atoms with Gasteiger partial charge in [0.05, 0.1) is 0 Å². The molecule has 0 saturated carbocycles. The second-order valence-electron chi connectivity index (χ2n) is 8.32. The van der Waals surface area contributed by atoms with Gasteiger partial charge in [0, 0.05) is 6.08 Å². The van der Waals surface area contributed by atoms with Crippen LogP contribution in [0.25, 0.3) is 28.2 Å². The first kappa shape index (κ1) is 22.5. The van der Waals surface area contributed by atoms with Crippen LogP contribution in [-0.4, -0.2) is 15.8 Å². The Kier molecular flexibility index (Phi) is 7.30. The Hall–Kier alpha value is -3.73. The summed E-state index contributed by atoms with van der Waals surface area (Å²) in [6.45, 7) is 2.24. The molecule has 0 aliphatic rings. The molecule has 0 N–H and O–H groups in total. The maximum Gasteiger partial charge on any atom is 0.359 e. The van der Waals surface area contributed by atoms with E-state index in [2.05, 4.69) is 48.5 Å². The Balaban J connectivity index is 1.38. The molecule has 5 heteroatoms. The SMILES string of the molecule is CCCCCCCc1ccc(-c2ccc(C=CC(=O)n3n[n+]([O-])c4ccccc43)cc2)cc1. The number of allylic oxidation sites excluding steroid dienone is 1. The Morgan fingerprint density at radius 3 is 2.30 bits per heavy atom. The number of hydrogen-bond donors (Lipinski definition) is 0. The number of rotatable bonds is 9. The minimum absolute atomic E-state index is 0.366. The predicted molar refractivity (Wildman–Crippen MR) is 133 cm³/mol. The van der Waals surface area contributed by atoms with Crippen molar-refractivity contribution in [2.24, 2.45) is 0 Å². The molecule has 1 heterocycles. The van der Waals surface area contributed by atoms with Crippen molar-refractivity contribution in [3.63, 3.8) is 0 Å². The maximum atomic E-state index is 12.6. The molecule has 3 aromatic carbocycles. The molecule has 0 aliphatic heterocycles. The molecule has 168 valence electrons. The minimum atomic E-state index is -0.366. The van der Waals surface area contributed by atoms with E-state index in [0.29, 0.717) is 15.9 Å². The number of aryl methyl sites for hydroxylation is 1. The monoisotopic (exact) mass is 439 g/mol. The lowest BCUT2D eigenvalue weighted by atomic mass is 10.00. The number of hydrogen-bond acceptors (Lipinski definition) is 3. The summed E-state index contributed by atoms with van der Waals surface area (Å²) in [4.78, 5) is 13.0. The molecular formula is C28H29N3O2. The third-order valence-corrected chi connectivity index (χ3v) is 5.88. The maximum absolute atomic E-state index is 12.6. The fourth-order valence-corrected chi connectivity index (χ4v) is 3.97. The van der Waals surface area contributed by atoms with Crippen LogP contribution in [0.2, 0.25) is 0 Å². The van der Waals surface area contributed by atoms with Crippen LogP contribution in [0.5, 0.6) is 0 Å². The number of para-hydroxylation sites is 2. The van der Waals surface area contributed by atoms with E-state index in [1.54, 1.807) is 30.3 Å². The van der Waals surface area contributed by atoms with Crippen LogP contribution in [0.3, 0.4) is 0 Å². The Labute approximate surface area is 194 Å². The Bertz CT molecular complexity index is 1240. The number of carbonyl (C=O) groups excluding carboxylic acids is 1. The first-order chi connectivity index (χ1) is 16.2. The van der Waals surface area contributed by atoms with E-state index in [1.165, 1.54) is 49.3 Å². The van der Waals surface area contributed by atoms with E-state index in [-0.39, 0.29) is 5.91 Å². The van der Waals surface area contributed by atoms with Crippen molar-refractivity contribution >= 4 is 23.0 Å². The molecule has 0 aliphatic carbocycles. The van der Waals surface area contributed by atoms with Crippen molar-refractivity contribution in [2.75, 3.05) is 0 Å². The summed E-state index contributed by atoms with van der Waals surface area (Å²) in [7, 11) is 0.